The van der Waals surface area contributed by atoms with E-state index >= 15 is 0 Å². The van der Waals surface area contributed by atoms with Crippen molar-refractivity contribution in [2.45, 2.75) is 26.9 Å². The van der Waals surface area contributed by atoms with Crippen LogP contribution in [0.25, 0.3) is 0 Å². The third kappa shape index (κ3) is 5.21. The first-order valence-electron chi connectivity index (χ1n) is 10.2. The van der Waals surface area contributed by atoms with Gasteiger partial charge in [0, 0.05) is 11.9 Å². The van der Waals surface area contributed by atoms with Crippen LogP contribution in [0, 0.1) is 20.8 Å². The molecule has 1 amide bonds. The summed E-state index contributed by atoms with van der Waals surface area (Å²) in [5, 5.41) is 6.01. The highest BCUT2D eigenvalue weighted by Gasteiger charge is 2.27. The Hall–Kier alpha value is -2.97. The first-order chi connectivity index (χ1) is 15.0. The minimum atomic E-state index is -0.280. The van der Waals surface area contributed by atoms with Crippen LogP contribution in [0.2, 0.25) is 0 Å². The van der Waals surface area contributed by atoms with E-state index in [9.17, 15) is 4.79 Å². The normalized spacial score (nSPS) is 16.2. The molecule has 0 spiro atoms. The van der Waals surface area contributed by atoms with Crippen LogP contribution in [-0.2, 0) is 9.53 Å². The lowest BCUT2D eigenvalue weighted by Crippen LogP contribution is -2.44. The highest BCUT2D eigenvalue weighted by Crippen LogP contribution is 2.25. The van der Waals surface area contributed by atoms with E-state index in [1.807, 2.05) is 62.5 Å². The van der Waals surface area contributed by atoms with E-state index in [0.717, 1.165) is 33.4 Å². The fourth-order valence-corrected chi connectivity index (χ4v) is 4.22. The average molecular weight is 439 g/mol. The maximum atomic E-state index is 12.8. The molecule has 1 aliphatic heterocycles. The minimum Gasteiger partial charge on any atom is -0.483 e. The van der Waals surface area contributed by atoms with E-state index in [1.54, 1.807) is 4.90 Å². The summed E-state index contributed by atoms with van der Waals surface area (Å²) in [5.41, 5.74) is 3.80. The number of nitrogens with zero attached hydrogens (tertiary/aromatic N) is 3. The van der Waals surface area contributed by atoms with Crippen molar-refractivity contribution >= 4 is 28.2 Å². The van der Waals surface area contributed by atoms with E-state index in [-0.39, 0.29) is 18.6 Å². The number of anilines is 2. The minimum absolute atomic E-state index is 0.0107. The van der Waals surface area contributed by atoms with Crippen LogP contribution in [0.4, 0.5) is 10.9 Å². The maximum absolute atomic E-state index is 12.8. The third-order valence-electron chi connectivity index (χ3n) is 5.12. The van der Waals surface area contributed by atoms with Crippen LogP contribution < -0.4 is 10.1 Å². The van der Waals surface area contributed by atoms with Gasteiger partial charge in [-0.3, -0.25) is 4.79 Å². The lowest BCUT2D eigenvalue weighted by Gasteiger charge is -2.32. The molecular formula is C23H26N4O3S. The van der Waals surface area contributed by atoms with Crippen LogP contribution in [0.15, 0.2) is 41.8 Å². The lowest BCUT2D eigenvalue weighted by atomic mass is 10.1. The van der Waals surface area contributed by atoms with Gasteiger partial charge in [-0.1, -0.05) is 24.3 Å². The molecule has 0 unspecified atom stereocenters. The third-order valence-corrected chi connectivity index (χ3v) is 6.00. The summed E-state index contributed by atoms with van der Waals surface area (Å²) >= 11 is 1.54. The number of carbonyl (C=O) groups excluding carboxylic acids is 1. The van der Waals surface area contributed by atoms with Crippen molar-refractivity contribution in [2.24, 2.45) is 0 Å². The summed E-state index contributed by atoms with van der Waals surface area (Å²) in [5.74, 6) is 1.43. The number of nitrogens with one attached hydrogen (secondary N) is 1. The van der Waals surface area contributed by atoms with E-state index < -0.39 is 0 Å². The van der Waals surface area contributed by atoms with Crippen LogP contribution in [0.5, 0.6) is 5.75 Å². The molecule has 31 heavy (non-hydrogen) atoms. The SMILES string of the molecule is Cc1csc(Nc2cccc([C@@H]3CN(C(=O)COc4c(C)cccc4C)CCO3)n2)n1. The molecule has 0 aliphatic carbocycles. The molecule has 7 nitrogen and oxygen atoms in total. The Labute approximate surface area is 186 Å². The molecule has 3 heterocycles. The molecule has 162 valence electrons. The smallest absolute Gasteiger partial charge is 0.260 e. The number of hydrogen-bond acceptors (Lipinski definition) is 7. The summed E-state index contributed by atoms with van der Waals surface area (Å²) in [7, 11) is 0. The van der Waals surface area contributed by atoms with Crippen molar-refractivity contribution in [1.29, 1.82) is 0 Å². The van der Waals surface area contributed by atoms with Crippen LogP contribution in [0.1, 0.15) is 28.6 Å². The van der Waals surface area contributed by atoms with Gasteiger partial charge in [0.25, 0.3) is 5.91 Å². The Morgan fingerprint density at radius 3 is 2.71 bits per heavy atom. The van der Waals surface area contributed by atoms with Gasteiger partial charge in [0.05, 0.1) is 24.5 Å². The average Bonchev–Trinajstić information content (AvgIpc) is 3.18. The van der Waals surface area contributed by atoms with Crippen molar-refractivity contribution in [2.75, 3.05) is 31.6 Å². The molecule has 0 bridgehead atoms. The number of benzene rings is 1. The van der Waals surface area contributed by atoms with Crippen molar-refractivity contribution in [3.05, 3.63) is 64.3 Å². The molecule has 1 aliphatic rings. The van der Waals surface area contributed by atoms with Crippen molar-refractivity contribution in [1.82, 2.24) is 14.9 Å². The first-order valence-corrected chi connectivity index (χ1v) is 11.1. The molecule has 2 aromatic heterocycles. The number of pyridine rings is 1. The highest BCUT2D eigenvalue weighted by atomic mass is 32.1. The molecular weight excluding hydrogens is 412 g/mol. The van der Waals surface area contributed by atoms with Crippen LogP contribution in [-0.4, -0.2) is 47.1 Å². The first kappa shape index (κ1) is 21.3. The Kier molecular flexibility index (Phi) is 6.48. The molecule has 0 radical (unpaired) electrons. The molecule has 1 fully saturated rings. The van der Waals surface area contributed by atoms with Crippen molar-refractivity contribution < 1.29 is 14.3 Å². The highest BCUT2D eigenvalue weighted by molar-refractivity contribution is 7.13. The summed E-state index contributed by atoms with van der Waals surface area (Å²) in [6.45, 7) is 7.39. The molecule has 1 aromatic carbocycles. The summed E-state index contributed by atoms with van der Waals surface area (Å²) < 4.78 is 11.8. The molecule has 3 aromatic rings. The van der Waals surface area contributed by atoms with E-state index in [4.69, 9.17) is 9.47 Å². The fourth-order valence-electron chi connectivity index (χ4n) is 3.53. The second-order valence-electron chi connectivity index (χ2n) is 7.58. The van der Waals surface area contributed by atoms with Crippen LogP contribution in [0.3, 0.4) is 0 Å². The Balaban J connectivity index is 1.39. The fraction of sp³-hybridized carbons (Fsp3) is 0.348. The number of carbonyl (C=O) groups is 1. The second-order valence-corrected chi connectivity index (χ2v) is 8.43. The Morgan fingerprint density at radius 1 is 1.19 bits per heavy atom. The van der Waals surface area contributed by atoms with Gasteiger partial charge in [-0.2, -0.15) is 0 Å². The zero-order valence-corrected chi connectivity index (χ0v) is 18.7. The number of aromatic nitrogens is 2. The Bertz CT molecular complexity index is 1050. The molecule has 4 rings (SSSR count). The quantitative estimate of drug-likeness (QED) is 0.622. The summed E-state index contributed by atoms with van der Waals surface area (Å²) in [6.07, 6.45) is -0.280. The van der Waals surface area contributed by atoms with Crippen molar-refractivity contribution in [3.63, 3.8) is 0 Å². The number of morpholine rings is 1. The molecule has 1 saturated heterocycles. The predicted octanol–water partition coefficient (Wildman–Crippen LogP) is 4.19. The van der Waals surface area contributed by atoms with Gasteiger partial charge in [0.15, 0.2) is 11.7 Å². The monoisotopic (exact) mass is 438 g/mol. The predicted molar refractivity (Wildman–Crippen MR) is 121 cm³/mol. The summed E-state index contributed by atoms with van der Waals surface area (Å²) in [4.78, 5) is 23.7. The Morgan fingerprint density at radius 2 is 1.97 bits per heavy atom. The number of ether oxygens (including phenoxy) is 2. The van der Waals surface area contributed by atoms with Crippen LogP contribution >= 0.6 is 11.3 Å². The number of thiazole rings is 1. The van der Waals surface area contributed by atoms with Crippen molar-refractivity contribution in [3.8, 4) is 5.75 Å². The lowest BCUT2D eigenvalue weighted by molar-refractivity contribution is -0.141. The van der Waals surface area contributed by atoms with Gasteiger partial charge in [-0.05, 0) is 44.0 Å². The van der Waals surface area contributed by atoms with Gasteiger partial charge >= 0.3 is 0 Å². The number of amides is 1. The molecule has 1 atom stereocenters. The number of hydrogen-bond donors (Lipinski definition) is 1. The summed E-state index contributed by atoms with van der Waals surface area (Å²) in [6, 6.07) is 11.7. The topological polar surface area (TPSA) is 76.6 Å². The van der Waals surface area contributed by atoms with E-state index in [2.05, 4.69) is 15.3 Å². The van der Waals surface area contributed by atoms with Gasteiger partial charge in [-0.15, -0.1) is 11.3 Å². The number of aryl methyl sites for hydroxylation is 3. The maximum Gasteiger partial charge on any atom is 0.260 e. The molecule has 1 N–H and O–H groups in total. The second kappa shape index (κ2) is 9.45. The largest absolute Gasteiger partial charge is 0.483 e. The molecule has 8 heteroatoms. The van der Waals surface area contributed by atoms with E-state index in [0.29, 0.717) is 25.5 Å². The molecule has 0 saturated carbocycles. The zero-order chi connectivity index (χ0) is 21.8. The van der Waals surface area contributed by atoms with E-state index in [1.165, 1.54) is 11.3 Å². The zero-order valence-electron chi connectivity index (χ0n) is 17.9. The van der Waals surface area contributed by atoms with Gasteiger partial charge in [-0.25, -0.2) is 9.97 Å². The van der Waals surface area contributed by atoms with Gasteiger partial charge in [0.2, 0.25) is 0 Å². The van der Waals surface area contributed by atoms with Gasteiger partial charge < -0.3 is 19.7 Å². The number of rotatable bonds is 6. The number of para-hydroxylation sites is 1. The van der Waals surface area contributed by atoms with Gasteiger partial charge in [0.1, 0.15) is 17.7 Å². The standard InChI is InChI=1S/C23H26N4O3S/c1-15-6-4-7-16(2)22(15)30-13-21(28)27-10-11-29-19(12-27)18-8-5-9-20(25-18)26-23-24-17(3)14-31-23/h4-9,14,19H,10-13H2,1-3H3,(H,24,25,26)/t19-/m0/s1.